The van der Waals surface area contributed by atoms with Crippen LogP contribution in [0.25, 0.3) is 0 Å². The van der Waals surface area contributed by atoms with Gasteiger partial charge >= 0.3 is 5.97 Å². The zero-order valence-electron chi connectivity index (χ0n) is 12.4. The van der Waals surface area contributed by atoms with Crippen LogP contribution in [0.2, 0.25) is 0 Å². The molecule has 0 amide bonds. The molecular weight excluding hydrogens is 276 g/mol. The molecule has 21 heavy (non-hydrogen) atoms. The molecule has 1 aliphatic rings. The summed E-state index contributed by atoms with van der Waals surface area (Å²) in [6, 6.07) is 2.82. The Kier molecular flexibility index (Phi) is 5.15. The molecule has 5 heteroatoms. The molecule has 2 unspecified atom stereocenters. The van der Waals surface area contributed by atoms with Gasteiger partial charge in [-0.1, -0.05) is 26.2 Å². The van der Waals surface area contributed by atoms with Gasteiger partial charge in [-0.15, -0.1) is 0 Å². The van der Waals surface area contributed by atoms with E-state index in [9.17, 15) is 13.6 Å². The second-order valence-corrected chi connectivity index (χ2v) is 5.48. The van der Waals surface area contributed by atoms with Crippen molar-refractivity contribution in [3.05, 3.63) is 29.3 Å². The summed E-state index contributed by atoms with van der Waals surface area (Å²) >= 11 is 0. The van der Waals surface area contributed by atoms with Crippen molar-refractivity contribution in [3.8, 4) is 0 Å². The van der Waals surface area contributed by atoms with Crippen molar-refractivity contribution in [1.82, 2.24) is 0 Å². The van der Waals surface area contributed by atoms with Gasteiger partial charge in [0.05, 0.1) is 18.4 Å². The maximum absolute atomic E-state index is 14.1. The summed E-state index contributed by atoms with van der Waals surface area (Å²) in [4.78, 5) is 11.3. The van der Waals surface area contributed by atoms with Crippen molar-refractivity contribution < 1.29 is 18.3 Å². The molecule has 0 aromatic heterocycles. The second-order valence-electron chi connectivity index (χ2n) is 5.48. The van der Waals surface area contributed by atoms with Crippen LogP contribution in [-0.4, -0.2) is 19.1 Å². The lowest BCUT2D eigenvalue weighted by atomic mass is 9.83. The first-order valence-corrected chi connectivity index (χ1v) is 7.41. The quantitative estimate of drug-likeness (QED) is 0.849. The van der Waals surface area contributed by atoms with Crippen LogP contribution in [0.15, 0.2) is 12.1 Å². The van der Waals surface area contributed by atoms with Crippen LogP contribution in [0.5, 0.6) is 0 Å². The van der Waals surface area contributed by atoms with Crippen LogP contribution < -0.4 is 5.32 Å². The average Bonchev–Trinajstić information content (AvgIpc) is 2.51. The maximum atomic E-state index is 14.1. The Morgan fingerprint density at radius 2 is 2.00 bits per heavy atom. The molecule has 3 nitrogen and oxygen atoms in total. The zero-order valence-corrected chi connectivity index (χ0v) is 12.4. The van der Waals surface area contributed by atoms with Crippen molar-refractivity contribution >= 4 is 11.7 Å². The number of methoxy groups -OCH3 is 1. The largest absolute Gasteiger partial charge is 0.465 e. The summed E-state index contributed by atoms with van der Waals surface area (Å²) in [6.07, 6.45) is 5.37. The molecule has 2 atom stereocenters. The highest BCUT2D eigenvalue weighted by Gasteiger charge is 2.26. The van der Waals surface area contributed by atoms with Gasteiger partial charge in [-0.25, -0.2) is 13.6 Å². The smallest absolute Gasteiger partial charge is 0.340 e. The number of carbonyl (C=O) groups is 1. The van der Waals surface area contributed by atoms with Gasteiger partial charge < -0.3 is 10.1 Å². The summed E-state index contributed by atoms with van der Waals surface area (Å²) in [5.74, 6) is -2.57. The third kappa shape index (κ3) is 3.34. The molecule has 116 valence electrons. The van der Waals surface area contributed by atoms with Gasteiger partial charge in [0.1, 0.15) is 0 Å². The Bertz CT molecular complexity index is 519. The first kappa shape index (κ1) is 15.7. The van der Waals surface area contributed by atoms with Gasteiger partial charge in [0.25, 0.3) is 0 Å². The number of hydrogen-bond acceptors (Lipinski definition) is 3. The van der Waals surface area contributed by atoms with Gasteiger partial charge in [0.15, 0.2) is 11.6 Å². The fraction of sp³-hybridized carbons (Fsp3) is 0.562. The monoisotopic (exact) mass is 297 g/mol. The Morgan fingerprint density at radius 3 is 2.67 bits per heavy atom. The Balaban J connectivity index is 2.21. The number of esters is 1. The van der Waals surface area contributed by atoms with Crippen molar-refractivity contribution in [1.29, 1.82) is 0 Å². The molecular formula is C16H21F2NO2. The highest BCUT2D eigenvalue weighted by Crippen LogP contribution is 2.31. The van der Waals surface area contributed by atoms with Crippen LogP contribution >= 0.6 is 0 Å². The Morgan fingerprint density at radius 1 is 1.29 bits per heavy atom. The van der Waals surface area contributed by atoms with E-state index in [2.05, 4.69) is 17.0 Å². The highest BCUT2D eigenvalue weighted by molar-refractivity contribution is 5.90. The number of rotatable bonds is 4. The summed E-state index contributed by atoms with van der Waals surface area (Å²) in [5, 5.41) is 3.11. The van der Waals surface area contributed by atoms with Crippen LogP contribution in [-0.2, 0) is 4.74 Å². The maximum Gasteiger partial charge on any atom is 0.340 e. The number of hydrogen-bond donors (Lipinski definition) is 1. The van der Waals surface area contributed by atoms with Gasteiger partial charge in [-0.05, 0) is 30.9 Å². The molecule has 1 aromatic rings. The molecule has 0 spiro atoms. The lowest BCUT2D eigenvalue weighted by Crippen LogP contribution is -2.32. The Labute approximate surface area is 123 Å². The molecule has 1 fully saturated rings. The lowest BCUT2D eigenvalue weighted by molar-refractivity contribution is 0.0594. The molecule has 1 saturated carbocycles. The van der Waals surface area contributed by atoms with E-state index >= 15 is 0 Å². The number of anilines is 1. The average molecular weight is 297 g/mol. The van der Waals surface area contributed by atoms with E-state index in [1.807, 2.05) is 0 Å². The molecule has 2 rings (SSSR count). The minimum Gasteiger partial charge on any atom is -0.465 e. The van der Waals surface area contributed by atoms with Gasteiger partial charge in [0.2, 0.25) is 0 Å². The Hall–Kier alpha value is -1.65. The topological polar surface area (TPSA) is 38.3 Å². The van der Waals surface area contributed by atoms with Gasteiger partial charge in [-0.2, -0.15) is 0 Å². The van der Waals surface area contributed by atoms with E-state index in [0.29, 0.717) is 5.92 Å². The van der Waals surface area contributed by atoms with Crippen molar-refractivity contribution in [2.45, 2.75) is 45.1 Å². The molecule has 1 aliphatic carbocycles. The van der Waals surface area contributed by atoms with E-state index in [1.54, 1.807) is 0 Å². The van der Waals surface area contributed by atoms with E-state index < -0.39 is 17.6 Å². The number of carbonyl (C=O) groups excluding carboxylic acids is 1. The number of halogens is 2. The molecule has 1 N–H and O–H groups in total. The van der Waals surface area contributed by atoms with E-state index in [4.69, 9.17) is 0 Å². The normalized spacial score (nSPS) is 21.9. The summed E-state index contributed by atoms with van der Waals surface area (Å²) in [5.41, 5.74) is -0.262. The predicted octanol–water partition coefficient (Wildman–Crippen LogP) is 4.13. The van der Waals surface area contributed by atoms with E-state index in [1.165, 1.54) is 18.6 Å². The third-order valence-corrected chi connectivity index (χ3v) is 4.26. The van der Waals surface area contributed by atoms with E-state index in [0.717, 1.165) is 32.8 Å². The summed E-state index contributed by atoms with van der Waals surface area (Å²) in [6.45, 7) is 2.11. The first-order chi connectivity index (χ1) is 10.1. The first-order valence-electron chi connectivity index (χ1n) is 7.41. The third-order valence-electron chi connectivity index (χ3n) is 4.26. The second kappa shape index (κ2) is 6.87. The highest BCUT2D eigenvalue weighted by atomic mass is 19.2. The predicted molar refractivity (Wildman–Crippen MR) is 77.4 cm³/mol. The van der Waals surface area contributed by atoms with Gasteiger partial charge in [-0.3, -0.25) is 0 Å². The summed E-state index contributed by atoms with van der Waals surface area (Å²) in [7, 11) is 1.14. The van der Waals surface area contributed by atoms with Crippen molar-refractivity contribution in [2.24, 2.45) is 5.92 Å². The molecule has 1 aromatic carbocycles. The molecule has 0 bridgehead atoms. The number of ether oxygens (including phenoxy) is 1. The minimum atomic E-state index is -1.16. The molecule has 0 heterocycles. The van der Waals surface area contributed by atoms with Crippen molar-refractivity contribution in [2.75, 3.05) is 12.4 Å². The molecule has 0 aliphatic heterocycles. The number of benzene rings is 1. The molecule has 0 radical (unpaired) electrons. The fourth-order valence-corrected chi connectivity index (χ4v) is 3.01. The minimum absolute atomic E-state index is 0.116. The standard InChI is InChI=1S/C16H21F2NO2/c1-3-10-6-4-5-7-12(10)19-13-9-8-11(16(20)21-2)14(17)15(13)18/h8-10,12,19H,3-7H2,1-2H3. The number of nitrogens with one attached hydrogen (secondary N) is 1. The molecule has 0 saturated heterocycles. The zero-order chi connectivity index (χ0) is 15.4. The van der Waals surface area contributed by atoms with Gasteiger partial charge in [0, 0.05) is 6.04 Å². The SMILES string of the molecule is CCC1CCCCC1Nc1ccc(C(=O)OC)c(F)c1F. The van der Waals surface area contributed by atoms with Crippen LogP contribution in [0.3, 0.4) is 0 Å². The lowest BCUT2D eigenvalue weighted by Gasteiger charge is -2.32. The van der Waals surface area contributed by atoms with Crippen LogP contribution in [0, 0.1) is 17.6 Å². The fourth-order valence-electron chi connectivity index (χ4n) is 3.01. The van der Waals surface area contributed by atoms with Crippen LogP contribution in [0.4, 0.5) is 14.5 Å². The van der Waals surface area contributed by atoms with Crippen LogP contribution in [0.1, 0.15) is 49.4 Å². The van der Waals surface area contributed by atoms with E-state index in [-0.39, 0.29) is 17.3 Å². The summed E-state index contributed by atoms with van der Waals surface area (Å²) < 4.78 is 32.4. The van der Waals surface area contributed by atoms with Crippen molar-refractivity contribution in [3.63, 3.8) is 0 Å².